The third kappa shape index (κ3) is 1.69. The maximum Gasteiger partial charge on any atom is 0.277 e. The van der Waals surface area contributed by atoms with Crippen molar-refractivity contribution in [2.45, 2.75) is 19.9 Å². The Hall–Kier alpha value is -2.62. The lowest BCUT2D eigenvalue weighted by atomic mass is 10.1. The van der Waals surface area contributed by atoms with Crippen LogP contribution < -0.4 is 11.1 Å². The molecule has 0 aliphatic carbocycles. The van der Waals surface area contributed by atoms with Crippen molar-refractivity contribution in [1.82, 2.24) is 9.36 Å². The normalized spacial score (nSPS) is 14.2. The zero-order chi connectivity index (χ0) is 14.6. The molecule has 0 amide bonds. The molecule has 0 bridgehead atoms. The number of aromatic nitrogens is 2. The van der Waals surface area contributed by atoms with Crippen LogP contribution in [-0.2, 0) is 6.54 Å². The van der Waals surface area contributed by atoms with Crippen LogP contribution in [0.4, 0.5) is 0 Å². The fourth-order valence-electron chi connectivity index (χ4n) is 2.96. The molecule has 2 aromatic carbocycles. The molecule has 0 radical (unpaired) electrons. The molecule has 0 fully saturated rings. The van der Waals surface area contributed by atoms with Crippen LogP contribution in [0.25, 0.3) is 27.7 Å². The Morgan fingerprint density at radius 1 is 0.952 bits per heavy atom. The number of benzene rings is 2. The monoisotopic (exact) mass is 278 g/mol. The van der Waals surface area contributed by atoms with Gasteiger partial charge in [0.2, 0.25) is 0 Å². The van der Waals surface area contributed by atoms with Crippen molar-refractivity contribution in [3.63, 3.8) is 0 Å². The number of hydrogen-bond acceptors (Lipinski definition) is 2. The van der Waals surface area contributed by atoms with Crippen molar-refractivity contribution in [3.05, 3.63) is 62.7 Å². The summed E-state index contributed by atoms with van der Waals surface area (Å²) in [5, 5.41) is 2.95. The van der Waals surface area contributed by atoms with Gasteiger partial charge in [0.1, 0.15) is 0 Å². The average Bonchev–Trinajstić information content (AvgIpc) is 2.51. The molecular weight excluding hydrogens is 264 g/mol. The molecule has 0 spiro atoms. The van der Waals surface area contributed by atoms with Gasteiger partial charge in [0.05, 0.1) is 10.8 Å². The first-order chi connectivity index (χ1) is 10.1. The van der Waals surface area contributed by atoms with Gasteiger partial charge in [0, 0.05) is 12.7 Å². The largest absolute Gasteiger partial charge is 0.277 e. The summed E-state index contributed by atoms with van der Waals surface area (Å²) in [7, 11) is 0. The van der Waals surface area contributed by atoms with E-state index in [2.05, 4.69) is 0 Å². The van der Waals surface area contributed by atoms with E-state index in [-0.39, 0.29) is 11.1 Å². The molecule has 0 atom stereocenters. The molecule has 4 rings (SSSR count). The highest BCUT2D eigenvalue weighted by molar-refractivity contribution is 5.97. The van der Waals surface area contributed by atoms with Crippen molar-refractivity contribution in [2.24, 2.45) is 0 Å². The van der Waals surface area contributed by atoms with Gasteiger partial charge >= 0.3 is 0 Å². The molecule has 4 heteroatoms. The van der Waals surface area contributed by atoms with Crippen molar-refractivity contribution in [2.75, 3.05) is 0 Å². The van der Waals surface area contributed by atoms with Gasteiger partial charge < -0.3 is 0 Å². The van der Waals surface area contributed by atoms with Crippen LogP contribution >= 0.6 is 0 Å². The molecule has 2 heterocycles. The van der Waals surface area contributed by atoms with Gasteiger partial charge in [-0.25, -0.2) is 9.36 Å². The molecule has 1 aliphatic rings. The number of fused-ring (bicyclic) bond motifs is 3. The van der Waals surface area contributed by atoms with E-state index in [9.17, 15) is 9.59 Å². The van der Waals surface area contributed by atoms with E-state index in [4.69, 9.17) is 0 Å². The number of hydrogen-bond donors (Lipinski definition) is 0. The van der Waals surface area contributed by atoms with Crippen LogP contribution in [0.2, 0.25) is 0 Å². The predicted octanol–water partition coefficient (Wildman–Crippen LogP) is 2.58. The lowest BCUT2D eigenvalue weighted by Crippen LogP contribution is -2.38. The topological polar surface area (TPSA) is 44.0 Å². The molecular formula is C17H14N2O2. The Balaban J connectivity index is 2.25. The van der Waals surface area contributed by atoms with Gasteiger partial charge in [-0.3, -0.25) is 9.59 Å². The second-order valence-corrected chi connectivity index (χ2v) is 5.55. The third-order valence-corrected chi connectivity index (χ3v) is 4.11. The number of rotatable bonds is 0. The molecule has 104 valence electrons. The molecule has 0 N–H and O–H groups in total. The zero-order valence-corrected chi connectivity index (χ0v) is 11.7. The minimum atomic E-state index is -0.130. The SMILES string of the molecule is CC1=Cn2c(=O)c3cc4ccccc4cc3c(=O)n2CC1. The van der Waals surface area contributed by atoms with Crippen LogP contribution in [0.3, 0.4) is 0 Å². The molecule has 0 unspecified atom stereocenters. The summed E-state index contributed by atoms with van der Waals surface area (Å²) in [5.74, 6) is 0. The highest BCUT2D eigenvalue weighted by Gasteiger charge is 2.15. The summed E-state index contributed by atoms with van der Waals surface area (Å²) in [6.45, 7) is 2.53. The lowest BCUT2D eigenvalue weighted by molar-refractivity contribution is 0.505. The van der Waals surface area contributed by atoms with Gasteiger partial charge in [0.25, 0.3) is 11.1 Å². The summed E-state index contributed by atoms with van der Waals surface area (Å²) >= 11 is 0. The standard InChI is InChI=1S/C17H14N2O2/c1-11-6-7-18-16(20)14-8-12-4-2-3-5-13(12)9-15(14)17(21)19(18)10-11/h2-5,8-10H,6-7H2,1H3. The minimum absolute atomic E-state index is 0.0981. The van der Waals surface area contributed by atoms with Crippen LogP contribution in [0.5, 0.6) is 0 Å². The van der Waals surface area contributed by atoms with Crippen molar-refractivity contribution >= 4 is 27.7 Å². The Bertz CT molecular complexity index is 1040. The van der Waals surface area contributed by atoms with Crippen molar-refractivity contribution in [1.29, 1.82) is 0 Å². The van der Waals surface area contributed by atoms with E-state index in [1.165, 1.54) is 9.36 Å². The predicted molar refractivity (Wildman–Crippen MR) is 84.5 cm³/mol. The van der Waals surface area contributed by atoms with Crippen molar-refractivity contribution < 1.29 is 0 Å². The Kier molecular flexibility index (Phi) is 2.42. The molecule has 3 aromatic rings. The number of allylic oxidation sites excluding steroid dienone is 1. The van der Waals surface area contributed by atoms with Crippen LogP contribution in [0.15, 0.2) is 51.6 Å². The first kappa shape index (κ1) is 12.1. The van der Waals surface area contributed by atoms with E-state index in [0.717, 1.165) is 22.8 Å². The summed E-state index contributed by atoms with van der Waals surface area (Å²) in [4.78, 5) is 25.3. The maximum atomic E-state index is 12.7. The summed E-state index contributed by atoms with van der Waals surface area (Å²) in [5.41, 5.74) is 0.880. The van der Waals surface area contributed by atoms with E-state index in [0.29, 0.717) is 17.3 Å². The smallest absolute Gasteiger partial charge is 0.267 e. The molecule has 4 nitrogen and oxygen atoms in total. The van der Waals surface area contributed by atoms with Gasteiger partial charge in [0.15, 0.2) is 0 Å². The van der Waals surface area contributed by atoms with E-state index in [1.807, 2.05) is 43.3 Å². The molecule has 1 aromatic heterocycles. The molecule has 0 saturated carbocycles. The van der Waals surface area contributed by atoms with Crippen LogP contribution in [0, 0.1) is 0 Å². The van der Waals surface area contributed by atoms with Gasteiger partial charge in [-0.2, -0.15) is 0 Å². The quantitative estimate of drug-likeness (QED) is 0.593. The third-order valence-electron chi connectivity index (χ3n) is 4.11. The maximum absolute atomic E-state index is 12.7. The van der Waals surface area contributed by atoms with E-state index >= 15 is 0 Å². The summed E-state index contributed by atoms with van der Waals surface area (Å²) in [6, 6.07) is 11.4. The zero-order valence-electron chi connectivity index (χ0n) is 11.7. The Morgan fingerprint density at radius 2 is 1.57 bits per heavy atom. The Labute approximate surface area is 120 Å². The lowest BCUT2D eigenvalue weighted by Gasteiger charge is -2.19. The average molecular weight is 278 g/mol. The van der Waals surface area contributed by atoms with Crippen LogP contribution in [0.1, 0.15) is 13.3 Å². The van der Waals surface area contributed by atoms with Crippen LogP contribution in [-0.4, -0.2) is 9.36 Å². The van der Waals surface area contributed by atoms with Gasteiger partial charge in [-0.1, -0.05) is 29.8 Å². The summed E-state index contributed by atoms with van der Waals surface area (Å²) < 4.78 is 2.99. The fourth-order valence-corrected chi connectivity index (χ4v) is 2.96. The first-order valence-electron chi connectivity index (χ1n) is 7.00. The van der Waals surface area contributed by atoms with Crippen molar-refractivity contribution in [3.8, 4) is 0 Å². The Morgan fingerprint density at radius 3 is 2.24 bits per heavy atom. The second kappa shape index (κ2) is 4.19. The molecule has 0 saturated heterocycles. The second-order valence-electron chi connectivity index (χ2n) is 5.55. The molecule has 1 aliphatic heterocycles. The minimum Gasteiger partial charge on any atom is -0.267 e. The highest BCUT2D eigenvalue weighted by Crippen LogP contribution is 2.19. The molecule has 21 heavy (non-hydrogen) atoms. The highest BCUT2D eigenvalue weighted by atomic mass is 16.2. The van der Waals surface area contributed by atoms with E-state index in [1.54, 1.807) is 6.20 Å². The van der Waals surface area contributed by atoms with Gasteiger partial charge in [-0.05, 0) is 36.2 Å². The van der Waals surface area contributed by atoms with E-state index < -0.39 is 0 Å². The fraction of sp³-hybridized carbons (Fsp3) is 0.176. The van der Waals surface area contributed by atoms with Gasteiger partial charge in [-0.15, -0.1) is 0 Å². The number of nitrogens with zero attached hydrogens (tertiary/aromatic N) is 2. The summed E-state index contributed by atoms with van der Waals surface area (Å²) in [6.07, 6.45) is 2.57. The first-order valence-corrected chi connectivity index (χ1v) is 7.00.